The molecule has 0 unspecified atom stereocenters. The Balaban J connectivity index is 1.74. The first-order valence-electron chi connectivity index (χ1n) is 10.7. The number of fused-ring (bicyclic) bond motifs is 1. The van der Waals surface area contributed by atoms with Crippen LogP contribution in [0.1, 0.15) is 31.7 Å². The zero-order valence-electron chi connectivity index (χ0n) is 17.8. The Morgan fingerprint density at radius 3 is 1.88 bits per heavy atom. The lowest BCUT2D eigenvalue weighted by molar-refractivity contribution is 0.447. The van der Waals surface area contributed by atoms with Crippen LogP contribution in [-0.4, -0.2) is 0 Å². The summed E-state index contributed by atoms with van der Waals surface area (Å²) in [5, 5.41) is 0.999. The zero-order valence-corrected chi connectivity index (χ0v) is 17.8. The van der Waals surface area contributed by atoms with Crippen LogP contribution in [0.5, 0.6) is 0 Å². The number of aryl methyl sites for hydroxylation is 1. The second kappa shape index (κ2) is 9.30. The van der Waals surface area contributed by atoms with Crippen LogP contribution < -0.4 is 0 Å². The van der Waals surface area contributed by atoms with Gasteiger partial charge in [-0.25, -0.2) is 26.3 Å². The Morgan fingerprint density at radius 2 is 1.24 bits per heavy atom. The van der Waals surface area contributed by atoms with Crippen molar-refractivity contribution in [2.24, 2.45) is 0 Å². The summed E-state index contributed by atoms with van der Waals surface area (Å²) in [7, 11) is 0. The summed E-state index contributed by atoms with van der Waals surface area (Å²) in [6.45, 7) is 2.12. The molecule has 6 heteroatoms. The van der Waals surface area contributed by atoms with Crippen LogP contribution in [0, 0.1) is 34.9 Å². The second-order valence-corrected chi connectivity index (χ2v) is 8.01. The van der Waals surface area contributed by atoms with E-state index in [0.29, 0.717) is 22.9 Å². The van der Waals surface area contributed by atoms with Crippen molar-refractivity contribution in [1.29, 1.82) is 0 Å². The fourth-order valence-corrected chi connectivity index (χ4v) is 4.00. The molecule has 0 N–H and O–H groups in total. The predicted octanol–water partition coefficient (Wildman–Crippen LogP) is 8.74. The SMILES string of the molecule is CCCCCc1ccc2c(F)c(-c3cc(F)c(-c4cc(F)c(F)c(F)c4)c(F)c3)ccc2c1. The van der Waals surface area contributed by atoms with E-state index in [1.807, 2.05) is 12.1 Å². The Kier molecular flexibility index (Phi) is 6.45. The third kappa shape index (κ3) is 4.47. The highest BCUT2D eigenvalue weighted by atomic mass is 19.2. The monoisotopic (exact) mass is 458 g/mol. The van der Waals surface area contributed by atoms with Crippen LogP contribution in [0.3, 0.4) is 0 Å². The molecule has 0 aliphatic carbocycles. The molecule has 4 aromatic rings. The van der Waals surface area contributed by atoms with Gasteiger partial charge in [0.1, 0.15) is 17.5 Å². The van der Waals surface area contributed by atoms with Crippen LogP contribution in [0.4, 0.5) is 26.3 Å². The second-order valence-electron chi connectivity index (χ2n) is 8.01. The van der Waals surface area contributed by atoms with E-state index in [4.69, 9.17) is 0 Å². The smallest absolute Gasteiger partial charge is 0.194 e. The molecule has 0 aliphatic heterocycles. The lowest BCUT2D eigenvalue weighted by atomic mass is 9.95. The summed E-state index contributed by atoms with van der Waals surface area (Å²) in [5.41, 5.74) is -0.217. The van der Waals surface area contributed by atoms with Gasteiger partial charge < -0.3 is 0 Å². The van der Waals surface area contributed by atoms with Crippen molar-refractivity contribution in [2.75, 3.05) is 0 Å². The lowest BCUT2D eigenvalue weighted by Crippen LogP contribution is -1.97. The molecule has 0 atom stereocenters. The minimum absolute atomic E-state index is 0.0120. The quantitative estimate of drug-likeness (QED) is 0.154. The van der Waals surface area contributed by atoms with Gasteiger partial charge in [0.25, 0.3) is 0 Å². The first-order valence-corrected chi connectivity index (χ1v) is 10.7. The number of rotatable bonds is 6. The van der Waals surface area contributed by atoms with Crippen LogP contribution in [0.15, 0.2) is 54.6 Å². The van der Waals surface area contributed by atoms with E-state index < -0.39 is 46.0 Å². The fraction of sp³-hybridized carbons (Fsp3) is 0.185. The van der Waals surface area contributed by atoms with Crippen molar-refractivity contribution in [1.82, 2.24) is 0 Å². The molecule has 0 spiro atoms. The Labute approximate surface area is 187 Å². The largest absolute Gasteiger partial charge is 0.206 e. The number of hydrogen-bond acceptors (Lipinski definition) is 0. The van der Waals surface area contributed by atoms with Gasteiger partial charge in [-0.3, -0.25) is 0 Å². The zero-order chi connectivity index (χ0) is 23.7. The van der Waals surface area contributed by atoms with Gasteiger partial charge in [0, 0.05) is 10.9 Å². The Hall–Kier alpha value is -3.28. The third-order valence-corrected chi connectivity index (χ3v) is 5.71. The normalized spacial score (nSPS) is 11.4. The van der Waals surface area contributed by atoms with Crippen molar-refractivity contribution < 1.29 is 26.3 Å². The summed E-state index contributed by atoms with van der Waals surface area (Å²) >= 11 is 0. The highest BCUT2D eigenvalue weighted by Crippen LogP contribution is 2.35. The van der Waals surface area contributed by atoms with E-state index in [1.54, 1.807) is 12.1 Å². The maximum Gasteiger partial charge on any atom is 0.194 e. The molecule has 0 amide bonds. The van der Waals surface area contributed by atoms with E-state index >= 15 is 4.39 Å². The number of unbranched alkanes of at least 4 members (excludes halogenated alkanes) is 2. The van der Waals surface area contributed by atoms with E-state index in [-0.39, 0.29) is 11.1 Å². The molecule has 170 valence electrons. The van der Waals surface area contributed by atoms with E-state index in [0.717, 1.165) is 43.4 Å². The van der Waals surface area contributed by atoms with Crippen molar-refractivity contribution >= 4 is 10.8 Å². The van der Waals surface area contributed by atoms with E-state index in [2.05, 4.69) is 6.92 Å². The molecule has 0 heterocycles. The maximum absolute atomic E-state index is 15.2. The standard InChI is InChI=1S/C27H20F6/c1-2-3-4-5-15-6-8-19-16(10-15)7-9-20(26(19)32)17-11-21(28)25(22(29)12-17)18-13-23(30)27(33)24(31)14-18/h6-14H,2-5H2,1H3. The molecule has 0 bridgehead atoms. The third-order valence-electron chi connectivity index (χ3n) is 5.71. The Morgan fingerprint density at radius 1 is 0.606 bits per heavy atom. The molecular weight excluding hydrogens is 438 g/mol. The summed E-state index contributed by atoms with van der Waals surface area (Å²) in [6.07, 6.45) is 4.13. The number of benzene rings is 4. The highest BCUT2D eigenvalue weighted by Gasteiger charge is 2.20. The van der Waals surface area contributed by atoms with Crippen LogP contribution >= 0.6 is 0 Å². The molecule has 4 aromatic carbocycles. The predicted molar refractivity (Wildman–Crippen MR) is 118 cm³/mol. The lowest BCUT2D eigenvalue weighted by Gasteiger charge is -2.12. The minimum Gasteiger partial charge on any atom is -0.206 e. The fourth-order valence-electron chi connectivity index (χ4n) is 4.00. The van der Waals surface area contributed by atoms with Gasteiger partial charge in [0.15, 0.2) is 17.5 Å². The first-order chi connectivity index (χ1) is 15.8. The minimum atomic E-state index is -1.73. The van der Waals surface area contributed by atoms with Crippen LogP contribution in [0.2, 0.25) is 0 Å². The molecule has 0 aromatic heterocycles. The molecule has 0 fully saturated rings. The molecule has 4 rings (SSSR count). The van der Waals surface area contributed by atoms with E-state index in [1.165, 1.54) is 6.07 Å². The Bertz CT molecular complexity index is 1300. The van der Waals surface area contributed by atoms with Gasteiger partial charge in [-0.15, -0.1) is 0 Å². The van der Waals surface area contributed by atoms with Gasteiger partial charge in [-0.1, -0.05) is 50.1 Å². The van der Waals surface area contributed by atoms with Crippen molar-refractivity contribution in [2.45, 2.75) is 32.6 Å². The number of hydrogen-bond donors (Lipinski definition) is 0. The average Bonchev–Trinajstić information content (AvgIpc) is 2.77. The van der Waals surface area contributed by atoms with Gasteiger partial charge in [0.05, 0.1) is 5.56 Å². The van der Waals surface area contributed by atoms with Crippen molar-refractivity contribution in [3.8, 4) is 22.3 Å². The molecule has 33 heavy (non-hydrogen) atoms. The maximum atomic E-state index is 15.2. The average molecular weight is 458 g/mol. The molecule has 0 aliphatic rings. The number of halogens is 6. The molecular formula is C27H20F6. The van der Waals surface area contributed by atoms with Crippen LogP contribution in [-0.2, 0) is 6.42 Å². The van der Waals surface area contributed by atoms with Gasteiger partial charge in [-0.2, -0.15) is 0 Å². The summed E-state index contributed by atoms with van der Waals surface area (Å²) in [5.74, 6) is -7.80. The summed E-state index contributed by atoms with van der Waals surface area (Å²) < 4.78 is 85.1. The van der Waals surface area contributed by atoms with Crippen molar-refractivity contribution in [3.63, 3.8) is 0 Å². The van der Waals surface area contributed by atoms with Crippen molar-refractivity contribution in [3.05, 3.63) is 95.1 Å². The molecule has 0 radical (unpaired) electrons. The highest BCUT2D eigenvalue weighted by molar-refractivity contribution is 5.89. The van der Waals surface area contributed by atoms with Gasteiger partial charge >= 0.3 is 0 Å². The summed E-state index contributed by atoms with van der Waals surface area (Å²) in [4.78, 5) is 0. The summed E-state index contributed by atoms with van der Waals surface area (Å²) in [6, 6.07) is 11.3. The first kappa shape index (κ1) is 22.9. The molecule has 0 nitrogen and oxygen atoms in total. The van der Waals surface area contributed by atoms with E-state index in [9.17, 15) is 22.0 Å². The molecule has 0 saturated carbocycles. The van der Waals surface area contributed by atoms with Gasteiger partial charge in [-0.05, 0) is 59.2 Å². The molecule has 0 saturated heterocycles. The van der Waals surface area contributed by atoms with Crippen LogP contribution in [0.25, 0.3) is 33.0 Å². The topological polar surface area (TPSA) is 0 Å². The van der Waals surface area contributed by atoms with Gasteiger partial charge in [0.2, 0.25) is 0 Å².